The maximum absolute atomic E-state index is 13.0. The Bertz CT molecular complexity index is 486. The van der Waals surface area contributed by atoms with Crippen LogP contribution in [0.3, 0.4) is 0 Å². The quantitative estimate of drug-likeness (QED) is 0.907. The van der Waals surface area contributed by atoms with E-state index in [9.17, 15) is 9.18 Å². The standard InChI is InChI=1S/C17H23FN2O/c18-15-6-4-14(5-7-15)12-16(21)20-11-10-19-13-17(20)8-2-1-3-9-17/h4-7,19H,1-3,8-13H2. The van der Waals surface area contributed by atoms with Crippen molar-refractivity contribution in [3.8, 4) is 0 Å². The van der Waals surface area contributed by atoms with Crippen molar-refractivity contribution in [2.75, 3.05) is 19.6 Å². The van der Waals surface area contributed by atoms with Gasteiger partial charge in [0, 0.05) is 19.6 Å². The fourth-order valence-electron chi connectivity index (χ4n) is 3.76. The Kier molecular flexibility index (Phi) is 4.24. The van der Waals surface area contributed by atoms with E-state index < -0.39 is 0 Å². The Morgan fingerprint density at radius 3 is 2.62 bits per heavy atom. The highest BCUT2D eigenvalue weighted by Crippen LogP contribution is 2.35. The minimum Gasteiger partial charge on any atom is -0.334 e. The maximum Gasteiger partial charge on any atom is 0.227 e. The lowest BCUT2D eigenvalue weighted by molar-refractivity contribution is -0.140. The average molecular weight is 290 g/mol. The Balaban J connectivity index is 1.73. The third-order valence-electron chi connectivity index (χ3n) is 4.89. The summed E-state index contributed by atoms with van der Waals surface area (Å²) in [6.45, 7) is 2.58. The van der Waals surface area contributed by atoms with E-state index >= 15 is 0 Å². The second-order valence-corrected chi connectivity index (χ2v) is 6.31. The molecule has 2 fully saturated rings. The van der Waals surface area contributed by atoms with E-state index in [1.54, 1.807) is 12.1 Å². The highest BCUT2D eigenvalue weighted by molar-refractivity contribution is 5.79. The van der Waals surface area contributed by atoms with Crippen LogP contribution in [-0.4, -0.2) is 36.0 Å². The van der Waals surface area contributed by atoms with Crippen LogP contribution in [0, 0.1) is 5.82 Å². The van der Waals surface area contributed by atoms with Crippen molar-refractivity contribution in [3.05, 3.63) is 35.6 Å². The van der Waals surface area contributed by atoms with Crippen LogP contribution < -0.4 is 5.32 Å². The molecule has 0 radical (unpaired) electrons. The molecule has 1 N–H and O–H groups in total. The van der Waals surface area contributed by atoms with Crippen LogP contribution in [0.5, 0.6) is 0 Å². The van der Waals surface area contributed by atoms with Crippen molar-refractivity contribution in [2.45, 2.75) is 44.1 Å². The van der Waals surface area contributed by atoms with E-state index in [-0.39, 0.29) is 17.3 Å². The predicted molar refractivity (Wildman–Crippen MR) is 80.5 cm³/mol. The third-order valence-corrected chi connectivity index (χ3v) is 4.89. The summed E-state index contributed by atoms with van der Waals surface area (Å²) in [6, 6.07) is 6.28. The van der Waals surface area contributed by atoms with Gasteiger partial charge in [0.1, 0.15) is 5.82 Å². The number of carbonyl (C=O) groups excluding carboxylic acids is 1. The van der Waals surface area contributed by atoms with Crippen molar-refractivity contribution >= 4 is 5.91 Å². The first kappa shape index (κ1) is 14.5. The van der Waals surface area contributed by atoms with Crippen molar-refractivity contribution in [2.24, 2.45) is 0 Å². The van der Waals surface area contributed by atoms with Gasteiger partial charge >= 0.3 is 0 Å². The summed E-state index contributed by atoms with van der Waals surface area (Å²) < 4.78 is 13.0. The van der Waals surface area contributed by atoms with Gasteiger partial charge in [0.05, 0.1) is 12.0 Å². The number of nitrogens with one attached hydrogen (secondary N) is 1. The molecule has 114 valence electrons. The van der Waals surface area contributed by atoms with E-state index in [2.05, 4.69) is 10.2 Å². The number of benzene rings is 1. The van der Waals surface area contributed by atoms with E-state index in [0.29, 0.717) is 6.42 Å². The van der Waals surface area contributed by atoms with Crippen LogP contribution in [0.15, 0.2) is 24.3 Å². The van der Waals surface area contributed by atoms with Gasteiger partial charge in [-0.3, -0.25) is 4.79 Å². The summed E-state index contributed by atoms with van der Waals surface area (Å²) >= 11 is 0. The number of halogens is 1. The normalized spacial score (nSPS) is 21.5. The lowest BCUT2D eigenvalue weighted by atomic mass is 9.78. The van der Waals surface area contributed by atoms with Crippen molar-refractivity contribution in [3.63, 3.8) is 0 Å². The van der Waals surface area contributed by atoms with Crippen LogP contribution in [-0.2, 0) is 11.2 Å². The molecule has 3 nitrogen and oxygen atoms in total. The lowest BCUT2D eigenvalue weighted by Gasteiger charge is -2.50. The molecular weight excluding hydrogens is 267 g/mol. The van der Waals surface area contributed by atoms with Crippen LogP contribution >= 0.6 is 0 Å². The Morgan fingerprint density at radius 2 is 1.90 bits per heavy atom. The first-order valence-electron chi connectivity index (χ1n) is 7.95. The molecule has 1 saturated heterocycles. The second-order valence-electron chi connectivity index (χ2n) is 6.31. The molecule has 1 aliphatic carbocycles. The molecule has 1 saturated carbocycles. The zero-order valence-electron chi connectivity index (χ0n) is 12.4. The molecule has 21 heavy (non-hydrogen) atoms. The maximum atomic E-state index is 13.0. The van der Waals surface area contributed by atoms with Gasteiger partial charge in [-0.1, -0.05) is 31.4 Å². The molecule has 1 aliphatic heterocycles. The smallest absolute Gasteiger partial charge is 0.227 e. The predicted octanol–water partition coefficient (Wildman–Crippen LogP) is 2.50. The zero-order valence-corrected chi connectivity index (χ0v) is 12.4. The fraction of sp³-hybridized carbons (Fsp3) is 0.588. The second kappa shape index (κ2) is 6.14. The SMILES string of the molecule is O=C(Cc1ccc(F)cc1)N1CCNCC12CCCCC2. The summed E-state index contributed by atoms with van der Waals surface area (Å²) in [5, 5.41) is 3.46. The van der Waals surface area contributed by atoms with Crippen LogP contribution in [0.25, 0.3) is 0 Å². The van der Waals surface area contributed by atoms with Gasteiger partial charge in [-0.05, 0) is 30.5 Å². The molecule has 4 heteroatoms. The van der Waals surface area contributed by atoms with Gasteiger partial charge in [-0.2, -0.15) is 0 Å². The largest absolute Gasteiger partial charge is 0.334 e. The molecule has 0 aromatic heterocycles. The fourth-order valence-corrected chi connectivity index (χ4v) is 3.76. The molecular formula is C17H23FN2O. The van der Waals surface area contributed by atoms with Crippen LogP contribution in [0.4, 0.5) is 4.39 Å². The minimum atomic E-state index is -0.253. The van der Waals surface area contributed by atoms with Crippen molar-refractivity contribution < 1.29 is 9.18 Å². The Morgan fingerprint density at radius 1 is 1.19 bits per heavy atom. The minimum absolute atomic E-state index is 0.0214. The zero-order chi connectivity index (χ0) is 14.7. The number of nitrogens with zero attached hydrogens (tertiary/aromatic N) is 1. The van der Waals surface area contributed by atoms with Gasteiger partial charge in [0.25, 0.3) is 0 Å². The summed E-state index contributed by atoms with van der Waals surface area (Å²) in [5.41, 5.74) is 0.916. The van der Waals surface area contributed by atoms with E-state index in [0.717, 1.165) is 38.0 Å². The number of carbonyl (C=O) groups is 1. The number of piperazine rings is 1. The molecule has 1 heterocycles. The lowest BCUT2D eigenvalue weighted by Crippen LogP contribution is -2.63. The van der Waals surface area contributed by atoms with E-state index in [1.807, 2.05) is 0 Å². The Hall–Kier alpha value is -1.42. The van der Waals surface area contributed by atoms with Crippen LogP contribution in [0.2, 0.25) is 0 Å². The Labute approximate surface area is 125 Å². The number of hydrogen-bond acceptors (Lipinski definition) is 2. The number of amides is 1. The number of rotatable bonds is 2. The molecule has 1 amide bonds. The van der Waals surface area contributed by atoms with E-state index in [4.69, 9.17) is 0 Å². The van der Waals surface area contributed by atoms with Crippen LogP contribution in [0.1, 0.15) is 37.7 Å². The first-order valence-corrected chi connectivity index (χ1v) is 7.95. The summed E-state index contributed by atoms with van der Waals surface area (Å²) in [7, 11) is 0. The summed E-state index contributed by atoms with van der Waals surface area (Å²) in [4.78, 5) is 14.8. The highest BCUT2D eigenvalue weighted by Gasteiger charge is 2.41. The van der Waals surface area contributed by atoms with Gasteiger partial charge < -0.3 is 10.2 Å². The van der Waals surface area contributed by atoms with Gasteiger partial charge in [0.15, 0.2) is 0 Å². The monoisotopic (exact) mass is 290 g/mol. The molecule has 2 aliphatic rings. The van der Waals surface area contributed by atoms with Crippen molar-refractivity contribution in [1.29, 1.82) is 0 Å². The molecule has 0 unspecified atom stereocenters. The van der Waals surface area contributed by atoms with E-state index in [1.165, 1.54) is 31.4 Å². The average Bonchev–Trinajstić information content (AvgIpc) is 2.51. The van der Waals surface area contributed by atoms with Gasteiger partial charge in [-0.15, -0.1) is 0 Å². The van der Waals surface area contributed by atoms with Crippen molar-refractivity contribution in [1.82, 2.24) is 10.2 Å². The summed E-state index contributed by atoms with van der Waals surface area (Å²) in [6.07, 6.45) is 6.29. The molecule has 1 spiro atoms. The summed E-state index contributed by atoms with van der Waals surface area (Å²) in [5.74, 6) is -0.0675. The topological polar surface area (TPSA) is 32.3 Å². The third kappa shape index (κ3) is 3.10. The van der Waals surface area contributed by atoms with Gasteiger partial charge in [0.2, 0.25) is 5.91 Å². The molecule has 0 bridgehead atoms. The highest BCUT2D eigenvalue weighted by atomic mass is 19.1. The molecule has 3 rings (SSSR count). The molecule has 1 aromatic carbocycles. The molecule has 0 atom stereocenters. The van der Waals surface area contributed by atoms with Gasteiger partial charge in [-0.25, -0.2) is 4.39 Å². The first-order chi connectivity index (χ1) is 10.2. The molecule has 1 aromatic rings. The number of hydrogen-bond donors (Lipinski definition) is 1.